The maximum absolute atomic E-state index is 12.2. The molecule has 0 atom stereocenters. The minimum absolute atomic E-state index is 0.809. The van der Waals surface area contributed by atoms with Gasteiger partial charge in [0.1, 0.15) is 16.2 Å². The average molecular weight is 327 g/mol. The Hall–Kier alpha value is -1.81. The Labute approximate surface area is 118 Å². The Morgan fingerprint density at radius 2 is 1.76 bits per heavy atom. The Morgan fingerprint density at radius 1 is 1.24 bits per heavy atom. The average Bonchev–Trinajstić information content (AvgIpc) is 2.25. The van der Waals surface area contributed by atoms with Crippen LogP contribution in [0.4, 0.5) is 13.2 Å². The lowest BCUT2D eigenvalue weighted by Crippen LogP contribution is -2.49. The van der Waals surface area contributed by atoms with Crippen LogP contribution in [0.2, 0.25) is 0 Å². The molecule has 1 rings (SSSR count). The number of carboxylic acid groups (broad SMARTS) is 1. The molecule has 1 aromatic carbocycles. The van der Waals surface area contributed by atoms with Crippen LogP contribution in [-0.4, -0.2) is 31.4 Å². The first-order valence-corrected chi connectivity index (χ1v) is 6.96. The molecule has 0 fully saturated rings. The molecule has 1 aromatic rings. The lowest BCUT2D eigenvalue weighted by molar-refractivity contribution is -0.275. The number of alkyl halides is 3. The van der Waals surface area contributed by atoms with Gasteiger partial charge in [-0.05, 0) is 26.0 Å². The maximum atomic E-state index is 12.2. The fourth-order valence-electron chi connectivity index (χ4n) is 1.32. The van der Waals surface area contributed by atoms with Crippen molar-refractivity contribution in [2.75, 3.05) is 0 Å². The molecule has 118 valence electrons. The molecule has 0 radical (unpaired) electrons. The predicted octanol–water partition coefficient (Wildman–Crippen LogP) is 1.73. The normalized spacial score (nSPS) is 13.0. The van der Waals surface area contributed by atoms with Crippen molar-refractivity contribution in [1.29, 1.82) is 0 Å². The Morgan fingerprint density at radius 3 is 2.24 bits per heavy atom. The van der Waals surface area contributed by atoms with Crippen molar-refractivity contribution in [3.63, 3.8) is 0 Å². The van der Waals surface area contributed by atoms with Crippen molar-refractivity contribution in [3.8, 4) is 5.75 Å². The molecule has 0 amide bonds. The Kier molecular flexibility index (Phi) is 4.54. The smallest absolute Gasteiger partial charge is 0.480 e. The van der Waals surface area contributed by atoms with Crippen LogP contribution in [-0.2, 0) is 14.8 Å². The molecule has 0 saturated heterocycles. The molecule has 0 aliphatic heterocycles. The van der Waals surface area contributed by atoms with E-state index in [2.05, 4.69) is 4.74 Å². The van der Waals surface area contributed by atoms with Gasteiger partial charge in [0.05, 0.1) is 0 Å². The third-order valence-corrected chi connectivity index (χ3v) is 3.98. The number of para-hydroxylation sites is 1. The lowest BCUT2D eigenvalue weighted by Gasteiger charge is -2.22. The summed E-state index contributed by atoms with van der Waals surface area (Å²) in [4.78, 5) is 10.1. The van der Waals surface area contributed by atoms with E-state index in [9.17, 15) is 26.4 Å². The van der Waals surface area contributed by atoms with Crippen molar-refractivity contribution in [3.05, 3.63) is 24.3 Å². The van der Waals surface area contributed by atoms with Gasteiger partial charge in [0.2, 0.25) is 10.0 Å². The van der Waals surface area contributed by atoms with Gasteiger partial charge in [-0.25, -0.2) is 8.42 Å². The minimum Gasteiger partial charge on any atom is -0.480 e. The molecule has 0 aliphatic rings. The van der Waals surface area contributed by atoms with E-state index in [0.717, 1.165) is 32.0 Å². The molecule has 6 nitrogen and oxygen atoms in total. The molecule has 21 heavy (non-hydrogen) atoms. The number of aliphatic carboxylic acids is 1. The lowest BCUT2D eigenvalue weighted by atomic mass is 10.1. The number of hydrogen-bond donors (Lipinski definition) is 2. The van der Waals surface area contributed by atoms with Gasteiger partial charge in [-0.2, -0.15) is 4.72 Å². The Bertz CT molecular complexity index is 640. The first-order valence-electron chi connectivity index (χ1n) is 5.47. The van der Waals surface area contributed by atoms with Crippen LogP contribution >= 0.6 is 0 Å². The summed E-state index contributed by atoms with van der Waals surface area (Å²) < 4.78 is 66.2. The second-order valence-corrected chi connectivity index (χ2v) is 6.18. The number of sulfonamides is 1. The summed E-state index contributed by atoms with van der Waals surface area (Å²) in [6, 6.07) is 4.03. The number of halogens is 3. The number of nitrogens with one attached hydrogen (secondary N) is 1. The highest BCUT2D eigenvalue weighted by Crippen LogP contribution is 2.29. The van der Waals surface area contributed by atoms with Gasteiger partial charge in [-0.15, -0.1) is 13.2 Å². The van der Waals surface area contributed by atoms with Crippen molar-refractivity contribution in [1.82, 2.24) is 4.72 Å². The minimum atomic E-state index is -5.08. The monoisotopic (exact) mass is 327 g/mol. The van der Waals surface area contributed by atoms with E-state index in [-0.39, 0.29) is 0 Å². The van der Waals surface area contributed by atoms with E-state index in [1.54, 1.807) is 4.72 Å². The van der Waals surface area contributed by atoms with E-state index in [1.807, 2.05) is 0 Å². The molecule has 0 aliphatic carbocycles. The predicted molar refractivity (Wildman–Crippen MR) is 65.2 cm³/mol. The van der Waals surface area contributed by atoms with Crippen molar-refractivity contribution >= 4 is 16.0 Å². The Balaban J connectivity index is 3.24. The largest absolute Gasteiger partial charge is 0.573 e. The molecular formula is C11H12F3NO5S. The number of carbonyl (C=O) groups is 1. The van der Waals surface area contributed by atoms with Crippen LogP contribution in [0.1, 0.15) is 13.8 Å². The fraction of sp³-hybridized carbons (Fsp3) is 0.364. The van der Waals surface area contributed by atoms with Gasteiger partial charge in [-0.1, -0.05) is 12.1 Å². The van der Waals surface area contributed by atoms with Gasteiger partial charge >= 0.3 is 12.3 Å². The first-order chi connectivity index (χ1) is 9.35. The van der Waals surface area contributed by atoms with E-state index in [1.165, 1.54) is 6.07 Å². The standard InChI is InChI=1S/C11H12F3NO5S/c1-10(2,9(16)17)15-21(18,19)8-6-4-3-5-7(8)20-11(12,13)14/h3-6,15H,1-2H3,(H,16,17). The molecule has 0 unspecified atom stereocenters. The van der Waals surface area contributed by atoms with Crippen molar-refractivity contribution in [2.24, 2.45) is 0 Å². The third-order valence-electron chi connectivity index (χ3n) is 2.29. The summed E-state index contributed by atoms with van der Waals surface area (Å²) in [5.41, 5.74) is -1.90. The number of rotatable bonds is 5. The van der Waals surface area contributed by atoms with E-state index < -0.39 is 38.5 Å². The summed E-state index contributed by atoms with van der Waals surface area (Å²) in [5, 5.41) is 8.87. The highest BCUT2D eigenvalue weighted by Gasteiger charge is 2.37. The zero-order valence-electron chi connectivity index (χ0n) is 10.9. The van der Waals surface area contributed by atoms with Crippen LogP contribution in [0, 0.1) is 0 Å². The van der Waals surface area contributed by atoms with Crippen molar-refractivity contribution in [2.45, 2.75) is 30.6 Å². The number of benzene rings is 1. The number of ether oxygens (including phenoxy) is 1. The highest BCUT2D eigenvalue weighted by atomic mass is 32.2. The zero-order chi connectivity index (χ0) is 16.5. The maximum Gasteiger partial charge on any atom is 0.573 e. The van der Waals surface area contributed by atoms with Crippen molar-refractivity contribution < 1.29 is 36.2 Å². The van der Waals surface area contributed by atoms with Gasteiger partial charge in [0.25, 0.3) is 0 Å². The topological polar surface area (TPSA) is 92.7 Å². The molecule has 0 heterocycles. The molecule has 2 N–H and O–H groups in total. The zero-order valence-corrected chi connectivity index (χ0v) is 11.7. The van der Waals surface area contributed by atoms with E-state index in [0.29, 0.717) is 0 Å². The highest BCUT2D eigenvalue weighted by molar-refractivity contribution is 7.89. The molecule has 0 aromatic heterocycles. The first kappa shape index (κ1) is 17.2. The summed E-state index contributed by atoms with van der Waals surface area (Å²) in [6.45, 7) is 2.11. The van der Waals surface area contributed by atoms with Gasteiger partial charge in [0.15, 0.2) is 0 Å². The van der Waals surface area contributed by atoms with Gasteiger partial charge in [-0.3, -0.25) is 4.79 Å². The number of carboxylic acids is 1. The summed E-state index contributed by atoms with van der Waals surface area (Å²) >= 11 is 0. The van der Waals surface area contributed by atoms with Gasteiger partial charge < -0.3 is 9.84 Å². The fourth-order valence-corrected chi connectivity index (χ4v) is 2.82. The summed E-state index contributed by atoms with van der Waals surface area (Å²) in [7, 11) is -4.52. The summed E-state index contributed by atoms with van der Waals surface area (Å²) in [5.74, 6) is -2.43. The second kappa shape index (κ2) is 5.53. The van der Waals surface area contributed by atoms with Crippen LogP contribution < -0.4 is 9.46 Å². The molecular weight excluding hydrogens is 315 g/mol. The molecule has 0 bridgehead atoms. The SMILES string of the molecule is CC(C)(NS(=O)(=O)c1ccccc1OC(F)(F)F)C(=O)O. The molecule has 0 saturated carbocycles. The second-order valence-electron chi connectivity index (χ2n) is 4.53. The quantitative estimate of drug-likeness (QED) is 0.859. The summed E-state index contributed by atoms with van der Waals surface area (Å²) in [6.07, 6.45) is -5.08. The van der Waals surface area contributed by atoms with Crippen LogP contribution in [0.3, 0.4) is 0 Å². The van der Waals surface area contributed by atoms with Crippen LogP contribution in [0.25, 0.3) is 0 Å². The molecule has 10 heteroatoms. The molecule has 0 spiro atoms. The number of hydrogen-bond acceptors (Lipinski definition) is 4. The van der Waals surface area contributed by atoms with Gasteiger partial charge in [0, 0.05) is 0 Å². The van der Waals surface area contributed by atoms with E-state index in [4.69, 9.17) is 5.11 Å². The van der Waals surface area contributed by atoms with E-state index >= 15 is 0 Å². The van der Waals surface area contributed by atoms with Crippen LogP contribution in [0.15, 0.2) is 29.2 Å². The van der Waals surface area contributed by atoms with Crippen LogP contribution in [0.5, 0.6) is 5.75 Å². The third kappa shape index (κ3) is 4.60.